The minimum Gasteiger partial charge on any atom is -0.290 e. The van der Waals surface area contributed by atoms with Crippen molar-refractivity contribution in [2.24, 2.45) is 5.84 Å². The van der Waals surface area contributed by atoms with Gasteiger partial charge in [-0.3, -0.25) is 15.0 Å². The molecule has 5 nitrogen and oxygen atoms in total. The Hall–Kier alpha value is -2.24. The van der Waals surface area contributed by atoms with E-state index < -0.39 is 5.91 Å². The zero-order valence-electron chi connectivity index (χ0n) is 10.5. The van der Waals surface area contributed by atoms with E-state index in [1.165, 1.54) is 0 Å². The highest BCUT2D eigenvalue weighted by atomic mass is 35.5. The molecule has 6 heteroatoms. The van der Waals surface area contributed by atoms with Gasteiger partial charge in [0.25, 0.3) is 5.91 Å². The van der Waals surface area contributed by atoms with Crippen LogP contribution in [0, 0.1) is 0 Å². The van der Waals surface area contributed by atoms with Gasteiger partial charge in [-0.1, -0.05) is 11.6 Å². The number of Topliss-reactive ketones (excluding diaryl/α,β-unsaturated/α-hetero) is 1. The number of nitrogen functional groups attached to an aromatic ring is 1. The van der Waals surface area contributed by atoms with Gasteiger partial charge in [-0.25, -0.2) is 5.84 Å². The van der Waals surface area contributed by atoms with E-state index in [9.17, 15) is 9.59 Å². The summed E-state index contributed by atoms with van der Waals surface area (Å²) in [4.78, 5) is 23.5. The molecule has 0 bridgehead atoms. The molecule has 1 aromatic carbocycles. The molecular formula is C14H13ClN3O2+. The number of hydrogen-bond donors (Lipinski definition) is 2. The second kappa shape index (κ2) is 6.27. The summed E-state index contributed by atoms with van der Waals surface area (Å²) in [5.74, 6) is 4.60. The normalized spacial score (nSPS) is 10.1. The predicted molar refractivity (Wildman–Crippen MR) is 74.1 cm³/mol. The van der Waals surface area contributed by atoms with Crippen molar-refractivity contribution in [3.05, 3.63) is 64.9 Å². The lowest BCUT2D eigenvalue weighted by molar-refractivity contribution is -0.683. The summed E-state index contributed by atoms with van der Waals surface area (Å²) in [6, 6.07) is 9.96. The molecule has 102 valence electrons. The third-order valence-electron chi connectivity index (χ3n) is 2.74. The monoisotopic (exact) mass is 290 g/mol. The summed E-state index contributed by atoms with van der Waals surface area (Å²) in [7, 11) is 0. The number of carbonyl (C=O) groups is 2. The summed E-state index contributed by atoms with van der Waals surface area (Å²) < 4.78 is 1.63. The summed E-state index contributed by atoms with van der Waals surface area (Å²) >= 11 is 5.78. The van der Waals surface area contributed by atoms with Gasteiger partial charge < -0.3 is 0 Å². The number of benzene rings is 1. The van der Waals surface area contributed by atoms with Crippen LogP contribution < -0.4 is 15.8 Å². The summed E-state index contributed by atoms with van der Waals surface area (Å²) in [5, 5.41) is 0.579. The van der Waals surface area contributed by atoms with Gasteiger partial charge in [0.15, 0.2) is 12.4 Å². The number of aromatic nitrogens is 1. The average molecular weight is 291 g/mol. The highest BCUT2D eigenvalue weighted by molar-refractivity contribution is 6.30. The van der Waals surface area contributed by atoms with Gasteiger partial charge in [0, 0.05) is 16.7 Å². The second-order valence-electron chi connectivity index (χ2n) is 4.17. The van der Waals surface area contributed by atoms with Crippen LogP contribution in [0.15, 0.2) is 48.8 Å². The van der Waals surface area contributed by atoms with Crippen LogP contribution in [0.4, 0.5) is 0 Å². The van der Waals surface area contributed by atoms with E-state index in [4.69, 9.17) is 17.4 Å². The topological polar surface area (TPSA) is 76.1 Å². The lowest BCUT2D eigenvalue weighted by Gasteiger charge is -2.01. The molecule has 3 N–H and O–H groups in total. The zero-order chi connectivity index (χ0) is 14.5. The molecule has 2 aromatic rings. The van der Waals surface area contributed by atoms with Crippen molar-refractivity contribution in [2.45, 2.75) is 6.54 Å². The molecule has 0 radical (unpaired) electrons. The molecule has 0 unspecified atom stereocenters. The maximum atomic E-state index is 12.1. The fourth-order valence-electron chi connectivity index (χ4n) is 1.73. The molecule has 0 saturated carbocycles. The average Bonchev–Trinajstić information content (AvgIpc) is 2.47. The number of ketones is 1. The molecule has 0 atom stereocenters. The molecule has 0 aliphatic rings. The van der Waals surface area contributed by atoms with Crippen molar-refractivity contribution in [2.75, 3.05) is 0 Å². The van der Waals surface area contributed by atoms with Crippen molar-refractivity contribution in [3.8, 4) is 0 Å². The summed E-state index contributed by atoms with van der Waals surface area (Å²) in [6.45, 7) is 0.132. The molecular weight excluding hydrogens is 278 g/mol. The Morgan fingerprint density at radius 2 is 1.85 bits per heavy atom. The van der Waals surface area contributed by atoms with E-state index in [1.54, 1.807) is 53.4 Å². The third-order valence-corrected chi connectivity index (χ3v) is 3.00. The van der Waals surface area contributed by atoms with Gasteiger partial charge >= 0.3 is 0 Å². The fourth-order valence-corrected chi connectivity index (χ4v) is 1.86. The number of nitrogens with two attached hydrogens (primary N) is 1. The first-order chi connectivity index (χ1) is 9.60. The molecule has 1 heterocycles. The largest absolute Gasteiger partial charge is 0.290 e. The summed E-state index contributed by atoms with van der Waals surface area (Å²) in [6.07, 6.45) is 3.27. The van der Waals surface area contributed by atoms with Gasteiger partial charge in [0.05, 0.1) is 0 Å². The number of nitrogens with zero attached hydrogens (tertiary/aromatic N) is 1. The lowest BCUT2D eigenvalue weighted by Crippen LogP contribution is -2.39. The van der Waals surface area contributed by atoms with Gasteiger partial charge in [0.1, 0.15) is 5.56 Å². The number of amides is 1. The summed E-state index contributed by atoms with van der Waals surface area (Å²) in [5.41, 5.74) is 3.00. The fraction of sp³-hybridized carbons (Fsp3) is 0.0714. The SMILES string of the molecule is NNC(=O)c1ccc[n+](CC(=O)c2ccc(Cl)cc2)c1. The Bertz CT molecular complexity index is 641. The van der Waals surface area contributed by atoms with E-state index in [2.05, 4.69) is 0 Å². The number of rotatable bonds is 4. The Balaban J connectivity index is 2.15. The molecule has 0 saturated heterocycles. The number of hydrazine groups is 1. The molecule has 0 fully saturated rings. The van der Waals surface area contributed by atoms with Gasteiger partial charge in [0.2, 0.25) is 12.3 Å². The molecule has 0 aliphatic heterocycles. The van der Waals surface area contributed by atoms with Crippen LogP contribution in [-0.4, -0.2) is 11.7 Å². The van der Waals surface area contributed by atoms with Crippen molar-refractivity contribution < 1.29 is 14.2 Å². The van der Waals surface area contributed by atoms with E-state index >= 15 is 0 Å². The van der Waals surface area contributed by atoms with E-state index in [-0.39, 0.29) is 12.3 Å². The van der Waals surface area contributed by atoms with Crippen molar-refractivity contribution in [3.63, 3.8) is 0 Å². The van der Waals surface area contributed by atoms with Crippen LogP contribution >= 0.6 is 11.6 Å². The van der Waals surface area contributed by atoms with Crippen LogP contribution in [0.5, 0.6) is 0 Å². The number of carbonyl (C=O) groups excluding carboxylic acids is 2. The van der Waals surface area contributed by atoms with Crippen LogP contribution in [0.3, 0.4) is 0 Å². The van der Waals surface area contributed by atoms with E-state index in [0.717, 1.165) is 0 Å². The van der Waals surface area contributed by atoms with Crippen molar-refractivity contribution in [1.82, 2.24) is 5.43 Å². The molecule has 1 amide bonds. The number of pyridine rings is 1. The van der Waals surface area contributed by atoms with Crippen LogP contribution in [0.25, 0.3) is 0 Å². The first-order valence-corrected chi connectivity index (χ1v) is 6.27. The molecule has 2 rings (SSSR count). The Morgan fingerprint density at radius 1 is 1.15 bits per heavy atom. The highest BCUT2D eigenvalue weighted by Gasteiger charge is 2.14. The Kier molecular flexibility index (Phi) is 4.45. The second-order valence-corrected chi connectivity index (χ2v) is 4.60. The lowest BCUT2D eigenvalue weighted by atomic mass is 10.1. The van der Waals surface area contributed by atoms with Crippen LogP contribution in [0.2, 0.25) is 5.02 Å². The number of hydrogen-bond acceptors (Lipinski definition) is 3. The predicted octanol–water partition coefficient (Wildman–Crippen LogP) is 1.11. The van der Waals surface area contributed by atoms with Crippen molar-refractivity contribution >= 4 is 23.3 Å². The molecule has 0 spiro atoms. The van der Waals surface area contributed by atoms with E-state index in [1.807, 2.05) is 5.43 Å². The number of nitrogens with one attached hydrogen (secondary N) is 1. The van der Waals surface area contributed by atoms with Gasteiger partial charge in [-0.15, -0.1) is 0 Å². The molecule has 20 heavy (non-hydrogen) atoms. The number of halogens is 1. The molecule has 0 aliphatic carbocycles. The van der Waals surface area contributed by atoms with Gasteiger partial charge in [-0.05, 0) is 30.3 Å². The minimum absolute atomic E-state index is 0.0722. The van der Waals surface area contributed by atoms with Crippen LogP contribution in [0.1, 0.15) is 20.7 Å². The maximum absolute atomic E-state index is 12.1. The standard InChI is InChI=1S/C14H12ClN3O2/c15-12-5-3-10(4-6-12)13(19)9-18-7-1-2-11(8-18)14(20)17-16/h1-8H,9,16H2/p+1. The maximum Gasteiger partial charge on any atom is 0.271 e. The van der Waals surface area contributed by atoms with Gasteiger partial charge in [-0.2, -0.15) is 4.57 Å². The first kappa shape index (κ1) is 14.2. The minimum atomic E-state index is -0.404. The van der Waals surface area contributed by atoms with E-state index in [0.29, 0.717) is 16.1 Å². The smallest absolute Gasteiger partial charge is 0.271 e. The quantitative estimate of drug-likeness (QED) is 0.291. The Morgan fingerprint density at radius 3 is 2.50 bits per heavy atom. The van der Waals surface area contributed by atoms with Crippen molar-refractivity contribution in [1.29, 1.82) is 0 Å². The highest BCUT2D eigenvalue weighted by Crippen LogP contribution is 2.10. The molecule has 1 aromatic heterocycles. The zero-order valence-corrected chi connectivity index (χ0v) is 11.3. The van der Waals surface area contributed by atoms with Crippen LogP contribution in [-0.2, 0) is 6.54 Å². The third kappa shape index (κ3) is 3.40. The Labute approximate surface area is 120 Å². The first-order valence-electron chi connectivity index (χ1n) is 5.89.